The minimum atomic E-state index is -0.0516. The summed E-state index contributed by atoms with van der Waals surface area (Å²) in [6.45, 7) is 19.9. The molecule has 0 aliphatic carbocycles. The van der Waals surface area contributed by atoms with E-state index >= 15 is 0 Å². The van der Waals surface area contributed by atoms with Crippen LogP contribution >= 0.6 is 15.9 Å². The van der Waals surface area contributed by atoms with Crippen molar-refractivity contribution in [3.8, 4) is 34.4 Å². The zero-order chi connectivity index (χ0) is 22.2. The fourth-order valence-electron chi connectivity index (χ4n) is 2.35. The third kappa shape index (κ3) is 7.61. The van der Waals surface area contributed by atoms with Gasteiger partial charge in [-0.05, 0) is 74.9 Å². The lowest BCUT2D eigenvalue weighted by Crippen LogP contribution is -2.16. The SMILES string of the molecule is CCCCc1cc(C#CC(C)(C)C(C)C)c(C#CBr)c(C#CC(C)(C)C(C)C)c1. The third-order valence-corrected chi connectivity index (χ3v) is 6.31. The topological polar surface area (TPSA) is 0 Å². The maximum absolute atomic E-state index is 3.49. The van der Waals surface area contributed by atoms with Crippen molar-refractivity contribution in [2.75, 3.05) is 0 Å². The summed E-state index contributed by atoms with van der Waals surface area (Å²) in [7, 11) is 0. The molecular weight excluding hydrogens is 416 g/mol. The summed E-state index contributed by atoms with van der Waals surface area (Å²) in [4.78, 5) is 2.89. The molecule has 0 saturated heterocycles. The van der Waals surface area contributed by atoms with Crippen LogP contribution in [0.5, 0.6) is 0 Å². The number of hydrogen-bond donors (Lipinski definition) is 0. The Hall–Kier alpha value is -1.62. The van der Waals surface area contributed by atoms with Crippen LogP contribution in [0.15, 0.2) is 12.1 Å². The molecule has 1 aromatic rings. The molecule has 0 saturated carbocycles. The number of hydrogen-bond acceptors (Lipinski definition) is 0. The second-order valence-corrected chi connectivity index (χ2v) is 10.0. The first-order chi connectivity index (χ1) is 13.4. The van der Waals surface area contributed by atoms with Crippen molar-refractivity contribution in [2.45, 2.75) is 81.6 Å². The van der Waals surface area contributed by atoms with Gasteiger partial charge in [0.25, 0.3) is 0 Å². The third-order valence-electron chi connectivity index (χ3n) is 6.11. The molecule has 0 unspecified atom stereocenters. The van der Waals surface area contributed by atoms with Crippen molar-refractivity contribution < 1.29 is 0 Å². The highest BCUT2D eigenvalue weighted by molar-refractivity contribution is 9.12. The standard InChI is InChI=1S/C28H37Br/c1-10-11-12-23-19-24(13-16-27(6,7)21(2)3)26(15-18-29)25(20-23)14-17-28(8,9)22(4)5/h19-22H,10-12H2,1-9H3. The molecule has 0 atom stereocenters. The summed E-state index contributed by atoms with van der Waals surface area (Å²) in [6, 6.07) is 4.43. The van der Waals surface area contributed by atoms with Gasteiger partial charge in [0.15, 0.2) is 0 Å². The van der Waals surface area contributed by atoms with Crippen LogP contribution in [0.25, 0.3) is 0 Å². The molecule has 0 fully saturated rings. The van der Waals surface area contributed by atoms with E-state index in [2.05, 4.69) is 125 Å². The minimum absolute atomic E-state index is 0.0516. The Morgan fingerprint density at radius 2 is 1.28 bits per heavy atom. The predicted octanol–water partition coefficient (Wildman–Crippen LogP) is 7.80. The van der Waals surface area contributed by atoms with Crippen molar-refractivity contribution in [3.63, 3.8) is 0 Å². The van der Waals surface area contributed by atoms with E-state index in [4.69, 9.17) is 0 Å². The molecule has 0 heterocycles. The minimum Gasteiger partial charge on any atom is -0.0913 e. The molecule has 1 heteroatoms. The highest BCUT2D eigenvalue weighted by Crippen LogP contribution is 2.27. The maximum atomic E-state index is 3.49. The number of aryl methyl sites for hydroxylation is 1. The van der Waals surface area contributed by atoms with E-state index < -0.39 is 0 Å². The molecule has 29 heavy (non-hydrogen) atoms. The lowest BCUT2D eigenvalue weighted by atomic mass is 9.81. The van der Waals surface area contributed by atoms with Crippen molar-refractivity contribution in [1.29, 1.82) is 0 Å². The molecule has 0 aliphatic heterocycles. The van der Waals surface area contributed by atoms with Crippen LogP contribution in [0.2, 0.25) is 0 Å². The molecule has 0 aromatic heterocycles. The Kier molecular flexibility index (Phi) is 9.60. The average molecular weight is 454 g/mol. The van der Waals surface area contributed by atoms with Gasteiger partial charge in [0.2, 0.25) is 0 Å². The second kappa shape index (κ2) is 11.0. The fourth-order valence-corrected chi connectivity index (χ4v) is 2.55. The number of benzene rings is 1. The largest absolute Gasteiger partial charge is 0.0913 e. The van der Waals surface area contributed by atoms with Crippen molar-refractivity contribution >= 4 is 15.9 Å². The molecule has 156 valence electrons. The Labute approximate surface area is 188 Å². The smallest absolute Gasteiger partial charge is 0.0567 e. The van der Waals surface area contributed by atoms with E-state index in [-0.39, 0.29) is 10.8 Å². The molecule has 0 nitrogen and oxygen atoms in total. The molecule has 0 N–H and O–H groups in total. The monoisotopic (exact) mass is 452 g/mol. The molecule has 0 amide bonds. The zero-order valence-corrected chi connectivity index (χ0v) is 21.4. The van der Waals surface area contributed by atoms with E-state index in [1.54, 1.807) is 0 Å². The second-order valence-electron chi connectivity index (χ2n) is 9.64. The van der Waals surface area contributed by atoms with Gasteiger partial charge in [0.05, 0.1) is 5.56 Å². The summed E-state index contributed by atoms with van der Waals surface area (Å²) < 4.78 is 0. The summed E-state index contributed by atoms with van der Waals surface area (Å²) in [5.41, 5.74) is 4.11. The normalized spacial score (nSPS) is 11.3. The predicted molar refractivity (Wildman–Crippen MR) is 132 cm³/mol. The lowest BCUT2D eigenvalue weighted by molar-refractivity contribution is 0.350. The first-order valence-electron chi connectivity index (χ1n) is 10.8. The summed E-state index contributed by atoms with van der Waals surface area (Å²) in [5, 5.41) is 0. The van der Waals surface area contributed by atoms with Crippen LogP contribution in [0.1, 0.15) is 97.4 Å². The molecule has 1 rings (SSSR count). The highest BCUT2D eigenvalue weighted by atomic mass is 79.9. The van der Waals surface area contributed by atoms with Crippen LogP contribution in [-0.2, 0) is 6.42 Å². The van der Waals surface area contributed by atoms with E-state index in [1.807, 2.05) is 0 Å². The number of halogens is 1. The van der Waals surface area contributed by atoms with Crippen molar-refractivity contribution in [1.82, 2.24) is 0 Å². The lowest BCUT2D eigenvalue weighted by Gasteiger charge is -2.22. The molecular formula is C28H37Br. The van der Waals surface area contributed by atoms with Gasteiger partial charge in [-0.2, -0.15) is 0 Å². The van der Waals surface area contributed by atoms with Crippen LogP contribution < -0.4 is 0 Å². The van der Waals surface area contributed by atoms with Gasteiger partial charge in [-0.25, -0.2) is 0 Å². The van der Waals surface area contributed by atoms with Crippen molar-refractivity contribution in [2.24, 2.45) is 22.7 Å². The van der Waals surface area contributed by atoms with Crippen LogP contribution in [-0.4, -0.2) is 0 Å². The van der Waals surface area contributed by atoms with Gasteiger partial charge in [0.1, 0.15) is 0 Å². The van der Waals surface area contributed by atoms with Crippen LogP contribution in [0.4, 0.5) is 0 Å². The van der Waals surface area contributed by atoms with Gasteiger partial charge in [-0.15, -0.1) is 0 Å². The Balaban J connectivity index is 3.68. The zero-order valence-electron chi connectivity index (χ0n) is 19.8. The first kappa shape index (κ1) is 25.4. The van der Waals surface area contributed by atoms with Gasteiger partial charge in [0, 0.05) is 37.9 Å². The molecule has 0 bridgehead atoms. The Bertz CT molecular complexity index is 818. The molecule has 0 radical (unpaired) electrons. The fraction of sp³-hybridized carbons (Fsp3) is 0.571. The molecule has 0 aliphatic rings. The summed E-state index contributed by atoms with van der Waals surface area (Å²) in [5.74, 6) is 18.1. The average Bonchev–Trinajstić information content (AvgIpc) is 2.64. The summed E-state index contributed by atoms with van der Waals surface area (Å²) in [6.07, 6.45) is 3.38. The summed E-state index contributed by atoms with van der Waals surface area (Å²) >= 11 is 3.29. The first-order valence-corrected chi connectivity index (χ1v) is 11.6. The van der Waals surface area contributed by atoms with Gasteiger partial charge in [-0.3, -0.25) is 0 Å². The number of unbranched alkanes of at least 4 members (excludes halogenated alkanes) is 1. The molecule has 0 spiro atoms. The van der Waals surface area contributed by atoms with E-state index in [9.17, 15) is 0 Å². The Morgan fingerprint density at radius 3 is 1.62 bits per heavy atom. The van der Waals surface area contributed by atoms with Gasteiger partial charge >= 0.3 is 0 Å². The van der Waals surface area contributed by atoms with Crippen LogP contribution in [0.3, 0.4) is 0 Å². The molecule has 1 aromatic carbocycles. The van der Waals surface area contributed by atoms with E-state index in [0.717, 1.165) is 29.5 Å². The number of rotatable bonds is 5. The van der Waals surface area contributed by atoms with Crippen molar-refractivity contribution in [3.05, 3.63) is 34.4 Å². The van der Waals surface area contributed by atoms with Gasteiger partial charge in [-0.1, -0.05) is 70.6 Å². The van der Waals surface area contributed by atoms with Crippen LogP contribution in [0, 0.1) is 57.1 Å². The van der Waals surface area contributed by atoms with E-state index in [0.29, 0.717) is 11.8 Å². The van der Waals surface area contributed by atoms with E-state index in [1.165, 1.54) is 12.0 Å². The van der Waals surface area contributed by atoms with Gasteiger partial charge < -0.3 is 0 Å². The quantitative estimate of drug-likeness (QED) is 0.399. The maximum Gasteiger partial charge on any atom is 0.0567 e. The Morgan fingerprint density at radius 1 is 0.828 bits per heavy atom. The highest BCUT2D eigenvalue weighted by Gasteiger charge is 2.20.